The number of hydrogen-bond donors (Lipinski definition) is 2. The van der Waals surface area contributed by atoms with Gasteiger partial charge in [0.2, 0.25) is 5.95 Å². The van der Waals surface area contributed by atoms with Crippen molar-refractivity contribution in [2.75, 3.05) is 10.6 Å². The first-order valence-electron chi connectivity index (χ1n) is 8.03. The summed E-state index contributed by atoms with van der Waals surface area (Å²) in [4.78, 5) is 8.87. The Morgan fingerprint density at radius 3 is 2.77 bits per heavy atom. The van der Waals surface area contributed by atoms with Crippen molar-refractivity contribution in [3.8, 4) is 0 Å². The summed E-state index contributed by atoms with van der Waals surface area (Å²) >= 11 is 6.17. The highest BCUT2D eigenvalue weighted by atomic mass is 35.5. The van der Waals surface area contributed by atoms with Gasteiger partial charge in [0.25, 0.3) is 0 Å². The van der Waals surface area contributed by atoms with E-state index < -0.39 is 0 Å². The maximum atomic E-state index is 6.17. The van der Waals surface area contributed by atoms with Crippen LogP contribution in [0.25, 0.3) is 10.9 Å². The molecule has 2 N–H and O–H groups in total. The minimum absolute atomic E-state index is 0.381. The molecule has 0 fully saturated rings. The molecule has 0 atom stereocenters. The molecule has 0 saturated carbocycles. The molecule has 2 aromatic heterocycles. The van der Waals surface area contributed by atoms with E-state index in [2.05, 4.69) is 30.8 Å². The number of anilines is 4. The van der Waals surface area contributed by atoms with E-state index in [1.54, 1.807) is 12.4 Å². The van der Waals surface area contributed by atoms with Gasteiger partial charge in [-0.2, -0.15) is 10.1 Å². The molecule has 0 amide bonds. The van der Waals surface area contributed by atoms with Crippen molar-refractivity contribution >= 4 is 45.6 Å². The Hall–Kier alpha value is -3.25. The van der Waals surface area contributed by atoms with Gasteiger partial charge >= 0.3 is 0 Å². The van der Waals surface area contributed by atoms with E-state index in [1.165, 1.54) is 0 Å². The fourth-order valence-electron chi connectivity index (χ4n) is 2.56. The van der Waals surface area contributed by atoms with Gasteiger partial charge in [0.05, 0.1) is 17.4 Å². The fourth-order valence-corrected chi connectivity index (χ4v) is 2.74. The third kappa shape index (κ3) is 3.41. The highest BCUT2D eigenvalue weighted by molar-refractivity contribution is 6.31. The number of benzene rings is 2. The quantitative estimate of drug-likeness (QED) is 0.539. The second kappa shape index (κ2) is 6.93. The molecule has 0 saturated heterocycles. The van der Waals surface area contributed by atoms with E-state index in [4.69, 9.17) is 11.6 Å². The van der Waals surface area contributed by atoms with Crippen LogP contribution in [0.3, 0.4) is 0 Å². The van der Waals surface area contributed by atoms with Crippen LogP contribution in [-0.2, 0) is 0 Å². The Balaban J connectivity index is 1.60. The topological polar surface area (TPSA) is 75.6 Å². The molecule has 128 valence electrons. The van der Waals surface area contributed by atoms with Crippen molar-refractivity contribution in [1.82, 2.24) is 20.2 Å². The van der Waals surface area contributed by atoms with Crippen molar-refractivity contribution in [2.24, 2.45) is 0 Å². The molecule has 26 heavy (non-hydrogen) atoms. The first kappa shape index (κ1) is 16.2. The third-order valence-electron chi connectivity index (χ3n) is 3.88. The first-order valence-corrected chi connectivity index (χ1v) is 8.40. The van der Waals surface area contributed by atoms with E-state index in [9.17, 15) is 0 Å². The molecule has 0 aliphatic heterocycles. The molecule has 6 nitrogen and oxygen atoms in total. The maximum absolute atomic E-state index is 6.17. The van der Waals surface area contributed by atoms with Gasteiger partial charge in [0.15, 0.2) is 5.82 Å². The summed E-state index contributed by atoms with van der Waals surface area (Å²) in [5, 5.41) is 16.1. The first-order chi connectivity index (χ1) is 12.7. The maximum Gasteiger partial charge on any atom is 0.249 e. The molecule has 2 heterocycles. The van der Waals surface area contributed by atoms with E-state index >= 15 is 0 Å². The van der Waals surface area contributed by atoms with Crippen LogP contribution in [0.5, 0.6) is 0 Å². The lowest BCUT2D eigenvalue weighted by atomic mass is 10.2. The van der Waals surface area contributed by atoms with Crippen LogP contribution in [0.15, 0.2) is 60.9 Å². The average molecular weight is 363 g/mol. The molecule has 0 aliphatic rings. The summed E-state index contributed by atoms with van der Waals surface area (Å²) in [7, 11) is 0. The van der Waals surface area contributed by atoms with E-state index in [1.807, 2.05) is 55.5 Å². The molecule has 4 aromatic rings. The number of nitrogens with zero attached hydrogens (tertiary/aromatic N) is 4. The number of rotatable bonds is 4. The normalized spacial score (nSPS) is 10.7. The molecule has 0 bridgehead atoms. The number of hydrogen-bond acceptors (Lipinski definition) is 6. The zero-order valence-electron chi connectivity index (χ0n) is 13.9. The standard InChI is InChI=1S/C19H15ClN6/c1-12-7-8-14(10-15(12)20)23-17-11-22-26-19(25-17)24-16-6-2-4-13-5-3-9-21-18(13)16/h2-11H,1H3,(H2,23,24,25,26). The summed E-state index contributed by atoms with van der Waals surface area (Å²) in [6, 6.07) is 15.5. The summed E-state index contributed by atoms with van der Waals surface area (Å²) in [6.07, 6.45) is 3.31. The zero-order chi connectivity index (χ0) is 17.9. The number of halogens is 1. The van der Waals surface area contributed by atoms with Crippen molar-refractivity contribution in [3.63, 3.8) is 0 Å². The predicted octanol–water partition coefficient (Wildman–Crippen LogP) is 4.87. The smallest absolute Gasteiger partial charge is 0.249 e. The highest BCUT2D eigenvalue weighted by Gasteiger charge is 2.06. The van der Waals surface area contributed by atoms with Gasteiger partial charge in [-0.05, 0) is 36.8 Å². The molecule has 4 rings (SSSR count). The Morgan fingerprint density at radius 2 is 1.88 bits per heavy atom. The van der Waals surface area contributed by atoms with E-state index in [-0.39, 0.29) is 0 Å². The molecule has 0 spiro atoms. The minimum atomic E-state index is 0.381. The average Bonchev–Trinajstić information content (AvgIpc) is 2.65. The van der Waals surface area contributed by atoms with Gasteiger partial charge in [-0.25, -0.2) is 0 Å². The van der Waals surface area contributed by atoms with Crippen LogP contribution in [0.2, 0.25) is 5.02 Å². The van der Waals surface area contributed by atoms with Crippen molar-refractivity contribution in [3.05, 3.63) is 71.5 Å². The molecule has 2 aromatic carbocycles. The van der Waals surface area contributed by atoms with Crippen LogP contribution in [0.1, 0.15) is 5.56 Å². The van der Waals surface area contributed by atoms with Crippen molar-refractivity contribution in [2.45, 2.75) is 6.92 Å². The lowest BCUT2D eigenvalue weighted by Gasteiger charge is -2.10. The second-order valence-corrected chi connectivity index (χ2v) is 6.17. The van der Waals surface area contributed by atoms with Gasteiger partial charge in [0, 0.05) is 22.3 Å². The largest absolute Gasteiger partial charge is 0.339 e. The van der Waals surface area contributed by atoms with Gasteiger partial charge in [-0.15, -0.1) is 5.10 Å². The molecule has 0 unspecified atom stereocenters. The van der Waals surface area contributed by atoms with E-state index in [0.29, 0.717) is 16.8 Å². The highest BCUT2D eigenvalue weighted by Crippen LogP contribution is 2.25. The molecular formula is C19H15ClN6. The number of nitrogens with one attached hydrogen (secondary N) is 2. The van der Waals surface area contributed by atoms with Crippen LogP contribution < -0.4 is 10.6 Å². The fraction of sp³-hybridized carbons (Fsp3) is 0.0526. The zero-order valence-corrected chi connectivity index (χ0v) is 14.7. The Kier molecular flexibility index (Phi) is 4.33. The van der Waals surface area contributed by atoms with E-state index in [0.717, 1.165) is 27.8 Å². The van der Waals surface area contributed by atoms with Gasteiger partial charge < -0.3 is 10.6 Å². The van der Waals surface area contributed by atoms with Crippen molar-refractivity contribution < 1.29 is 0 Å². The lowest BCUT2D eigenvalue weighted by Crippen LogP contribution is -2.03. The lowest BCUT2D eigenvalue weighted by molar-refractivity contribution is 0.983. The summed E-state index contributed by atoms with van der Waals surface area (Å²) in [5.41, 5.74) is 3.52. The number of para-hydroxylation sites is 1. The van der Waals surface area contributed by atoms with Crippen LogP contribution in [-0.4, -0.2) is 20.2 Å². The van der Waals surface area contributed by atoms with Crippen molar-refractivity contribution in [1.29, 1.82) is 0 Å². The number of aryl methyl sites for hydroxylation is 1. The van der Waals surface area contributed by atoms with Gasteiger partial charge in [0.1, 0.15) is 0 Å². The minimum Gasteiger partial charge on any atom is -0.339 e. The molecule has 0 radical (unpaired) electrons. The Labute approximate surface area is 155 Å². The monoisotopic (exact) mass is 362 g/mol. The van der Waals surface area contributed by atoms with Crippen LogP contribution >= 0.6 is 11.6 Å². The van der Waals surface area contributed by atoms with Gasteiger partial charge in [-0.1, -0.05) is 35.9 Å². The number of fused-ring (bicyclic) bond motifs is 1. The molecule has 0 aliphatic carbocycles. The SMILES string of the molecule is Cc1ccc(Nc2cnnc(Nc3cccc4cccnc34)n2)cc1Cl. The molecular weight excluding hydrogens is 348 g/mol. The Bertz CT molecular complexity index is 1080. The molecule has 7 heteroatoms. The summed E-state index contributed by atoms with van der Waals surface area (Å²) < 4.78 is 0. The van der Waals surface area contributed by atoms with Crippen LogP contribution in [0, 0.1) is 6.92 Å². The van der Waals surface area contributed by atoms with Crippen LogP contribution in [0.4, 0.5) is 23.1 Å². The van der Waals surface area contributed by atoms with Gasteiger partial charge in [-0.3, -0.25) is 4.98 Å². The number of pyridine rings is 1. The summed E-state index contributed by atoms with van der Waals surface area (Å²) in [6.45, 7) is 1.96. The number of aromatic nitrogens is 4. The Morgan fingerprint density at radius 1 is 1.00 bits per heavy atom. The third-order valence-corrected chi connectivity index (χ3v) is 4.29. The second-order valence-electron chi connectivity index (χ2n) is 5.76. The predicted molar refractivity (Wildman–Crippen MR) is 104 cm³/mol. The summed E-state index contributed by atoms with van der Waals surface area (Å²) in [5.74, 6) is 0.946.